The van der Waals surface area contributed by atoms with Crippen molar-refractivity contribution >= 4 is 17.3 Å². The van der Waals surface area contributed by atoms with Crippen LogP contribution in [0.4, 0.5) is 5.69 Å². The van der Waals surface area contributed by atoms with Crippen LogP contribution in [0, 0.1) is 10.1 Å². The zero-order chi connectivity index (χ0) is 14.4. The van der Waals surface area contributed by atoms with Crippen LogP contribution in [0.25, 0.3) is 0 Å². The van der Waals surface area contributed by atoms with Crippen molar-refractivity contribution in [1.82, 2.24) is 5.32 Å². The molecule has 5 heteroatoms. The third-order valence-electron chi connectivity index (χ3n) is 3.35. The van der Waals surface area contributed by atoms with Gasteiger partial charge in [0.25, 0.3) is 5.69 Å². The largest absolute Gasteiger partial charge is 0.314 e. The smallest absolute Gasteiger partial charge is 0.273 e. The van der Waals surface area contributed by atoms with Gasteiger partial charge in [0.15, 0.2) is 0 Å². The van der Waals surface area contributed by atoms with E-state index < -0.39 is 0 Å². The molecule has 4 nitrogen and oxygen atoms in total. The van der Waals surface area contributed by atoms with Gasteiger partial charge in [-0.2, -0.15) is 0 Å². The van der Waals surface area contributed by atoms with E-state index in [2.05, 4.69) is 19.2 Å². The lowest BCUT2D eigenvalue weighted by Crippen LogP contribution is -2.32. The second-order valence-electron chi connectivity index (χ2n) is 4.72. The number of nitro benzene ring substituents is 1. The molecule has 0 aliphatic rings. The van der Waals surface area contributed by atoms with Crippen molar-refractivity contribution in [1.29, 1.82) is 0 Å². The Balaban J connectivity index is 3.09. The maximum Gasteiger partial charge on any atom is 0.273 e. The molecule has 0 amide bonds. The summed E-state index contributed by atoms with van der Waals surface area (Å²) in [6, 6.07) is 4.97. The van der Waals surface area contributed by atoms with Crippen molar-refractivity contribution < 1.29 is 4.92 Å². The topological polar surface area (TPSA) is 55.2 Å². The SMILES string of the molecule is CCCNC(C)C(CC)c1cc(Cl)ccc1[N+](=O)[O-]. The molecule has 0 radical (unpaired) electrons. The van der Waals surface area contributed by atoms with Crippen molar-refractivity contribution in [3.63, 3.8) is 0 Å². The van der Waals surface area contributed by atoms with E-state index in [4.69, 9.17) is 11.6 Å². The zero-order valence-corrected chi connectivity index (χ0v) is 12.4. The summed E-state index contributed by atoms with van der Waals surface area (Å²) in [5.74, 6) is 0.0886. The molecule has 19 heavy (non-hydrogen) atoms. The minimum Gasteiger partial charge on any atom is -0.314 e. The highest BCUT2D eigenvalue weighted by molar-refractivity contribution is 6.30. The van der Waals surface area contributed by atoms with Gasteiger partial charge in [-0.15, -0.1) is 0 Å². The van der Waals surface area contributed by atoms with Gasteiger partial charge in [-0.05, 0) is 38.4 Å². The lowest BCUT2D eigenvalue weighted by molar-refractivity contribution is -0.385. The number of nitrogens with zero attached hydrogens (tertiary/aromatic N) is 1. The van der Waals surface area contributed by atoms with Crippen molar-refractivity contribution in [3.8, 4) is 0 Å². The number of nitro groups is 1. The average Bonchev–Trinajstić information content (AvgIpc) is 2.37. The number of rotatable bonds is 7. The van der Waals surface area contributed by atoms with Crippen LogP contribution in [-0.2, 0) is 0 Å². The molecular weight excluding hydrogens is 264 g/mol. The highest BCUT2D eigenvalue weighted by atomic mass is 35.5. The maximum absolute atomic E-state index is 11.1. The first kappa shape index (κ1) is 15.9. The highest BCUT2D eigenvalue weighted by Gasteiger charge is 2.25. The fourth-order valence-electron chi connectivity index (χ4n) is 2.35. The van der Waals surface area contributed by atoms with Gasteiger partial charge >= 0.3 is 0 Å². The molecule has 0 saturated heterocycles. The Hall–Kier alpha value is -1.13. The summed E-state index contributed by atoms with van der Waals surface area (Å²) in [4.78, 5) is 10.8. The summed E-state index contributed by atoms with van der Waals surface area (Å²) in [5, 5.41) is 15.1. The third-order valence-corrected chi connectivity index (χ3v) is 3.58. The van der Waals surface area contributed by atoms with Crippen molar-refractivity contribution in [2.45, 2.75) is 45.6 Å². The maximum atomic E-state index is 11.1. The minimum atomic E-state index is -0.332. The summed E-state index contributed by atoms with van der Waals surface area (Å²) in [5.41, 5.74) is 0.873. The first-order valence-corrected chi connectivity index (χ1v) is 7.06. The Kier molecular flexibility index (Phi) is 6.25. The van der Waals surface area contributed by atoms with Crippen LogP contribution in [0.15, 0.2) is 18.2 Å². The summed E-state index contributed by atoms with van der Waals surface area (Å²) < 4.78 is 0. The summed E-state index contributed by atoms with van der Waals surface area (Å²) >= 11 is 5.99. The monoisotopic (exact) mass is 284 g/mol. The van der Waals surface area contributed by atoms with Gasteiger partial charge in [-0.25, -0.2) is 0 Å². The highest BCUT2D eigenvalue weighted by Crippen LogP contribution is 2.33. The normalized spacial score (nSPS) is 14.1. The third kappa shape index (κ3) is 4.18. The predicted molar refractivity (Wildman–Crippen MR) is 78.9 cm³/mol. The fourth-order valence-corrected chi connectivity index (χ4v) is 2.53. The molecule has 1 rings (SSSR count). The average molecular weight is 285 g/mol. The fraction of sp³-hybridized carbons (Fsp3) is 0.571. The van der Waals surface area contributed by atoms with E-state index in [9.17, 15) is 10.1 Å². The van der Waals surface area contributed by atoms with Crippen LogP contribution in [0.3, 0.4) is 0 Å². The molecule has 0 aromatic heterocycles. The van der Waals surface area contributed by atoms with Gasteiger partial charge < -0.3 is 5.32 Å². The Morgan fingerprint density at radius 2 is 2.11 bits per heavy atom. The Morgan fingerprint density at radius 1 is 1.42 bits per heavy atom. The molecule has 1 N–H and O–H groups in total. The van der Waals surface area contributed by atoms with E-state index in [0.29, 0.717) is 5.02 Å². The van der Waals surface area contributed by atoms with Gasteiger partial charge in [0.05, 0.1) is 4.92 Å². The van der Waals surface area contributed by atoms with E-state index >= 15 is 0 Å². The number of benzene rings is 1. The van der Waals surface area contributed by atoms with Gasteiger partial charge in [-0.1, -0.05) is 25.4 Å². The summed E-state index contributed by atoms with van der Waals surface area (Å²) in [7, 11) is 0. The molecular formula is C14H21ClN2O2. The van der Waals surface area contributed by atoms with Crippen molar-refractivity contribution in [2.75, 3.05) is 6.54 Å². The Bertz CT molecular complexity index is 437. The molecule has 0 spiro atoms. The standard InChI is InChI=1S/C14H21ClN2O2/c1-4-8-16-10(3)12(5-2)13-9-11(15)6-7-14(13)17(18)19/h6-7,9-10,12,16H,4-5,8H2,1-3H3. The Labute approximate surface area is 119 Å². The molecule has 1 aromatic rings. The van der Waals surface area contributed by atoms with Gasteiger partial charge in [0, 0.05) is 28.6 Å². The van der Waals surface area contributed by atoms with Crippen LogP contribution in [0.1, 0.15) is 45.1 Å². The first-order valence-electron chi connectivity index (χ1n) is 6.68. The van der Waals surface area contributed by atoms with Crippen LogP contribution in [0.5, 0.6) is 0 Å². The molecule has 0 aliphatic heterocycles. The molecule has 0 fully saturated rings. The first-order chi connectivity index (χ1) is 9.01. The minimum absolute atomic E-state index is 0.0886. The molecule has 2 atom stereocenters. The van der Waals surface area contributed by atoms with E-state index in [1.165, 1.54) is 6.07 Å². The number of halogens is 1. The van der Waals surface area contributed by atoms with Gasteiger partial charge in [0.1, 0.15) is 0 Å². The zero-order valence-electron chi connectivity index (χ0n) is 11.6. The second kappa shape index (κ2) is 7.46. The molecule has 0 bridgehead atoms. The quantitative estimate of drug-likeness (QED) is 0.605. The van der Waals surface area contributed by atoms with E-state index in [-0.39, 0.29) is 22.6 Å². The molecule has 2 unspecified atom stereocenters. The van der Waals surface area contributed by atoms with E-state index in [1.807, 2.05) is 6.92 Å². The predicted octanol–water partition coefficient (Wildman–Crippen LogP) is 4.13. The lowest BCUT2D eigenvalue weighted by Gasteiger charge is -2.24. The van der Waals surface area contributed by atoms with Crippen LogP contribution in [-0.4, -0.2) is 17.5 Å². The summed E-state index contributed by atoms with van der Waals surface area (Å²) in [6.45, 7) is 7.11. The summed E-state index contributed by atoms with van der Waals surface area (Å²) in [6.07, 6.45) is 1.87. The van der Waals surface area contributed by atoms with Gasteiger partial charge in [-0.3, -0.25) is 10.1 Å². The molecule has 0 aliphatic carbocycles. The second-order valence-corrected chi connectivity index (χ2v) is 5.15. The number of hydrogen-bond donors (Lipinski definition) is 1. The molecule has 0 saturated carbocycles. The number of hydrogen-bond acceptors (Lipinski definition) is 3. The van der Waals surface area contributed by atoms with Crippen molar-refractivity contribution in [2.24, 2.45) is 0 Å². The van der Waals surface area contributed by atoms with E-state index in [0.717, 1.165) is 24.9 Å². The van der Waals surface area contributed by atoms with Crippen LogP contribution >= 0.6 is 11.6 Å². The van der Waals surface area contributed by atoms with Crippen molar-refractivity contribution in [3.05, 3.63) is 38.9 Å². The van der Waals surface area contributed by atoms with Crippen LogP contribution < -0.4 is 5.32 Å². The number of nitrogens with one attached hydrogen (secondary N) is 1. The van der Waals surface area contributed by atoms with E-state index in [1.54, 1.807) is 12.1 Å². The molecule has 1 aromatic carbocycles. The van der Waals surface area contributed by atoms with Crippen LogP contribution in [0.2, 0.25) is 5.02 Å². The molecule has 106 valence electrons. The lowest BCUT2D eigenvalue weighted by atomic mass is 9.89. The molecule has 0 heterocycles. The Morgan fingerprint density at radius 3 is 2.63 bits per heavy atom. The van der Waals surface area contributed by atoms with Gasteiger partial charge in [0.2, 0.25) is 0 Å².